The van der Waals surface area contributed by atoms with Gasteiger partial charge in [0.25, 0.3) is 5.92 Å². The number of benzene rings is 1. The largest absolute Gasteiger partial charge is 0.293 e. The maximum absolute atomic E-state index is 13.1. The molecule has 1 aromatic rings. The van der Waals surface area contributed by atoms with E-state index < -0.39 is 5.92 Å². The summed E-state index contributed by atoms with van der Waals surface area (Å²) >= 11 is 3.44. The van der Waals surface area contributed by atoms with Crippen molar-refractivity contribution < 1.29 is 8.78 Å². The molecule has 0 unspecified atom stereocenters. The lowest BCUT2D eigenvalue weighted by atomic mass is 10.0. The van der Waals surface area contributed by atoms with Crippen molar-refractivity contribution in [2.24, 2.45) is 0 Å². The lowest BCUT2D eigenvalue weighted by Gasteiger charge is -2.19. The summed E-state index contributed by atoms with van der Waals surface area (Å²) in [6, 6.07) is 4.08. The predicted octanol–water partition coefficient (Wildman–Crippen LogP) is 3.91. The normalized spacial score (nSPS) is 19.8. The lowest BCUT2D eigenvalue weighted by Crippen LogP contribution is -2.25. The smallest absolute Gasteiger partial charge is 0.261 e. The first-order valence-electron chi connectivity index (χ1n) is 5.73. The Morgan fingerprint density at radius 3 is 2.35 bits per heavy atom. The van der Waals surface area contributed by atoms with Crippen LogP contribution in [0.25, 0.3) is 0 Å². The van der Waals surface area contributed by atoms with Gasteiger partial charge in [-0.25, -0.2) is 8.78 Å². The number of hydrogen-bond donors (Lipinski definition) is 0. The Balaban J connectivity index is 2.15. The third-order valence-corrected chi connectivity index (χ3v) is 3.75. The molecule has 0 amide bonds. The minimum absolute atomic E-state index is 0.0123. The average Bonchev–Trinajstić information content (AvgIpc) is 2.52. The molecule has 1 aliphatic heterocycles. The number of nitrogens with zero attached hydrogens (tertiary/aromatic N) is 1. The molecule has 2 rings (SSSR count). The lowest BCUT2D eigenvalue weighted by molar-refractivity contribution is 0.0114. The van der Waals surface area contributed by atoms with E-state index in [0.29, 0.717) is 13.1 Å². The van der Waals surface area contributed by atoms with Gasteiger partial charge in [-0.15, -0.1) is 0 Å². The molecule has 0 atom stereocenters. The Labute approximate surface area is 109 Å². The molecule has 0 saturated carbocycles. The minimum Gasteiger partial charge on any atom is -0.293 e. The van der Waals surface area contributed by atoms with Gasteiger partial charge in [0.1, 0.15) is 0 Å². The Morgan fingerprint density at radius 1 is 1.29 bits per heavy atom. The van der Waals surface area contributed by atoms with E-state index >= 15 is 0 Å². The highest BCUT2D eigenvalue weighted by Gasteiger charge is 2.38. The van der Waals surface area contributed by atoms with Crippen LogP contribution in [0.1, 0.15) is 23.1 Å². The van der Waals surface area contributed by atoms with Crippen LogP contribution in [0.3, 0.4) is 0 Å². The molecule has 17 heavy (non-hydrogen) atoms. The van der Waals surface area contributed by atoms with Gasteiger partial charge in [-0.1, -0.05) is 15.9 Å². The molecule has 94 valence electrons. The highest BCUT2D eigenvalue weighted by atomic mass is 79.9. The first kappa shape index (κ1) is 13.0. The minimum atomic E-state index is -2.50. The molecule has 1 fully saturated rings. The third-order valence-electron chi connectivity index (χ3n) is 3.29. The standard InChI is InChI=1S/C13H16BrF2N/c1-9-5-11(14)6-10(2)12(9)7-17-4-3-13(15,16)8-17/h5-6H,3-4,7-8H2,1-2H3. The summed E-state index contributed by atoms with van der Waals surface area (Å²) in [4.78, 5) is 1.84. The molecule has 0 spiro atoms. The van der Waals surface area contributed by atoms with Crippen LogP contribution in [0.15, 0.2) is 16.6 Å². The second-order valence-electron chi connectivity index (χ2n) is 4.83. The van der Waals surface area contributed by atoms with E-state index in [4.69, 9.17) is 0 Å². The van der Waals surface area contributed by atoms with Crippen LogP contribution in [0, 0.1) is 13.8 Å². The molecule has 1 saturated heterocycles. The Hall–Kier alpha value is -0.480. The van der Waals surface area contributed by atoms with Gasteiger partial charge < -0.3 is 0 Å². The zero-order valence-corrected chi connectivity index (χ0v) is 11.7. The summed E-state index contributed by atoms with van der Waals surface area (Å²) in [7, 11) is 0. The molecule has 0 aromatic heterocycles. The fraction of sp³-hybridized carbons (Fsp3) is 0.538. The highest BCUT2D eigenvalue weighted by Crippen LogP contribution is 2.29. The Kier molecular flexibility index (Phi) is 3.55. The second kappa shape index (κ2) is 4.65. The molecule has 0 bridgehead atoms. The number of aryl methyl sites for hydroxylation is 2. The summed E-state index contributed by atoms with van der Waals surface area (Å²) in [5.41, 5.74) is 3.49. The van der Waals surface area contributed by atoms with Gasteiger partial charge in [0.05, 0.1) is 6.54 Å². The molecule has 0 N–H and O–H groups in total. The zero-order chi connectivity index (χ0) is 12.6. The van der Waals surface area contributed by atoms with Crippen molar-refractivity contribution in [3.63, 3.8) is 0 Å². The van der Waals surface area contributed by atoms with Gasteiger partial charge >= 0.3 is 0 Å². The number of hydrogen-bond acceptors (Lipinski definition) is 1. The van der Waals surface area contributed by atoms with E-state index in [1.165, 1.54) is 5.56 Å². The quantitative estimate of drug-likeness (QED) is 0.801. The first-order valence-corrected chi connectivity index (χ1v) is 6.52. The molecule has 0 radical (unpaired) electrons. The number of rotatable bonds is 2. The first-order chi connectivity index (χ1) is 7.87. The van der Waals surface area contributed by atoms with Crippen LogP contribution in [0.4, 0.5) is 8.78 Å². The molecule has 1 nitrogen and oxygen atoms in total. The van der Waals surface area contributed by atoms with Gasteiger partial charge in [-0.3, -0.25) is 4.90 Å². The second-order valence-corrected chi connectivity index (χ2v) is 5.75. The van der Waals surface area contributed by atoms with E-state index in [2.05, 4.69) is 15.9 Å². The fourth-order valence-corrected chi connectivity index (χ4v) is 3.04. The van der Waals surface area contributed by atoms with E-state index in [-0.39, 0.29) is 13.0 Å². The molecular weight excluding hydrogens is 288 g/mol. The van der Waals surface area contributed by atoms with Crippen LogP contribution < -0.4 is 0 Å². The van der Waals surface area contributed by atoms with Crippen LogP contribution in [-0.2, 0) is 6.54 Å². The van der Waals surface area contributed by atoms with Crippen molar-refractivity contribution >= 4 is 15.9 Å². The third kappa shape index (κ3) is 3.05. The zero-order valence-electron chi connectivity index (χ0n) is 10.1. The van der Waals surface area contributed by atoms with Crippen LogP contribution >= 0.6 is 15.9 Å². The molecule has 0 aliphatic carbocycles. The molecule has 4 heteroatoms. The number of alkyl halides is 2. The van der Waals surface area contributed by atoms with Crippen LogP contribution in [0.5, 0.6) is 0 Å². The van der Waals surface area contributed by atoms with Crippen LogP contribution in [-0.4, -0.2) is 23.9 Å². The van der Waals surface area contributed by atoms with Gasteiger partial charge in [0.15, 0.2) is 0 Å². The molecule has 1 heterocycles. The maximum atomic E-state index is 13.1. The summed E-state index contributed by atoms with van der Waals surface area (Å²) in [5, 5.41) is 0. The molecule has 1 aromatic carbocycles. The number of halogens is 3. The molecular formula is C13H16BrF2N. The average molecular weight is 304 g/mol. The van der Waals surface area contributed by atoms with E-state index in [0.717, 1.165) is 15.6 Å². The maximum Gasteiger partial charge on any atom is 0.261 e. The van der Waals surface area contributed by atoms with Crippen molar-refractivity contribution in [1.82, 2.24) is 4.90 Å². The van der Waals surface area contributed by atoms with Crippen molar-refractivity contribution in [2.45, 2.75) is 32.7 Å². The van der Waals surface area contributed by atoms with Crippen molar-refractivity contribution in [3.05, 3.63) is 33.3 Å². The predicted molar refractivity (Wildman–Crippen MR) is 68.5 cm³/mol. The summed E-state index contributed by atoms with van der Waals surface area (Å²) < 4.78 is 27.3. The van der Waals surface area contributed by atoms with Crippen molar-refractivity contribution in [2.75, 3.05) is 13.1 Å². The SMILES string of the molecule is Cc1cc(Br)cc(C)c1CN1CCC(F)(F)C1. The van der Waals surface area contributed by atoms with E-state index in [1.807, 2.05) is 30.9 Å². The van der Waals surface area contributed by atoms with E-state index in [9.17, 15) is 8.78 Å². The van der Waals surface area contributed by atoms with E-state index in [1.54, 1.807) is 0 Å². The fourth-order valence-electron chi connectivity index (χ4n) is 2.36. The Morgan fingerprint density at radius 2 is 1.88 bits per heavy atom. The van der Waals surface area contributed by atoms with Crippen molar-refractivity contribution in [3.8, 4) is 0 Å². The summed E-state index contributed by atoms with van der Waals surface area (Å²) in [5.74, 6) is -2.50. The van der Waals surface area contributed by atoms with Crippen molar-refractivity contribution in [1.29, 1.82) is 0 Å². The van der Waals surface area contributed by atoms with Gasteiger partial charge in [0, 0.05) is 24.0 Å². The van der Waals surface area contributed by atoms with Gasteiger partial charge in [0.2, 0.25) is 0 Å². The summed E-state index contributed by atoms with van der Waals surface area (Å²) in [6.45, 7) is 5.06. The van der Waals surface area contributed by atoms with Gasteiger partial charge in [-0.05, 0) is 42.7 Å². The summed E-state index contributed by atoms with van der Waals surface area (Å²) in [6.07, 6.45) is -0.0123. The molecule has 1 aliphatic rings. The topological polar surface area (TPSA) is 3.24 Å². The monoisotopic (exact) mass is 303 g/mol. The highest BCUT2D eigenvalue weighted by molar-refractivity contribution is 9.10. The van der Waals surface area contributed by atoms with Gasteiger partial charge in [-0.2, -0.15) is 0 Å². The number of likely N-dealkylation sites (tertiary alicyclic amines) is 1. The van der Waals surface area contributed by atoms with Crippen LogP contribution in [0.2, 0.25) is 0 Å². The Bertz CT molecular complexity index is 408.